The van der Waals surface area contributed by atoms with E-state index < -0.39 is 0 Å². The highest BCUT2D eigenvalue weighted by Crippen LogP contribution is 2.33. The number of carbonyl (C=O) groups is 1. The van der Waals surface area contributed by atoms with Crippen molar-refractivity contribution in [2.24, 2.45) is 0 Å². The molecule has 0 unspecified atom stereocenters. The van der Waals surface area contributed by atoms with Crippen molar-refractivity contribution in [3.63, 3.8) is 0 Å². The van der Waals surface area contributed by atoms with E-state index in [4.69, 9.17) is 4.74 Å². The maximum absolute atomic E-state index is 12.5. The minimum atomic E-state index is -0.0718. The second-order valence-electron chi connectivity index (χ2n) is 13.2. The Morgan fingerprint density at radius 3 is 1.41 bits per heavy atom. The number of rotatable bonds is 20. The molecule has 0 radical (unpaired) electrons. The summed E-state index contributed by atoms with van der Waals surface area (Å²) in [5, 5.41) is 0. The molecule has 37 heavy (non-hydrogen) atoms. The molecule has 1 heterocycles. The normalized spacial score (nSPS) is 12.2. The molecule has 0 N–H and O–H groups in total. The fourth-order valence-electron chi connectivity index (χ4n) is 5.18. The highest BCUT2D eigenvalue weighted by atomic mass is 16.5. The van der Waals surface area contributed by atoms with Crippen molar-refractivity contribution in [2.75, 3.05) is 6.61 Å². The van der Waals surface area contributed by atoms with Gasteiger partial charge in [-0.15, -0.1) is 0 Å². The molecule has 0 saturated carbocycles. The topological polar surface area (TPSA) is 39.2 Å². The van der Waals surface area contributed by atoms with Gasteiger partial charge in [-0.3, -0.25) is 9.78 Å². The average Bonchev–Trinajstić information content (AvgIpc) is 2.83. The van der Waals surface area contributed by atoms with Gasteiger partial charge in [0, 0.05) is 18.8 Å². The Bertz CT molecular complexity index is 694. The summed E-state index contributed by atoms with van der Waals surface area (Å²) in [6.45, 7) is 16.2. The van der Waals surface area contributed by atoms with E-state index in [2.05, 4.69) is 53.5 Å². The van der Waals surface area contributed by atoms with Crippen molar-refractivity contribution in [1.82, 2.24) is 4.98 Å². The van der Waals surface area contributed by atoms with Crippen LogP contribution in [0.2, 0.25) is 0 Å². The Hall–Kier alpha value is -1.38. The van der Waals surface area contributed by atoms with E-state index in [1.54, 1.807) is 0 Å². The Balaban J connectivity index is 2.11. The minimum absolute atomic E-state index is 0.00104. The monoisotopic (exact) mass is 515 g/mol. The average molecular weight is 516 g/mol. The lowest BCUT2D eigenvalue weighted by molar-refractivity contribution is -0.143. The van der Waals surface area contributed by atoms with Crippen molar-refractivity contribution >= 4 is 5.97 Å². The van der Waals surface area contributed by atoms with Crippen LogP contribution in [-0.2, 0) is 26.8 Å². The first-order valence-corrected chi connectivity index (χ1v) is 15.7. The molecule has 214 valence electrons. The van der Waals surface area contributed by atoms with Crippen LogP contribution in [0.4, 0.5) is 0 Å². The minimum Gasteiger partial charge on any atom is -0.466 e. The molecule has 0 atom stereocenters. The lowest BCUT2D eigenvalue weighted by atomic mass is 9.76. The molecule has 0 amide bonds. The lowest BCUT2D eigenvalue weighted by Gasteiger charge is -2.29. The molecule has 1 aromatic heterocycles. The molecule has 0 spiro atoms. The quantitative estimate of drug-likeness (QED) is 0.128. The third kappa shape index (κ3) is 15.6. The standard InChI is InChI=1S/C34H61NO2/c1-8-9-10-11-12-13-14-15-16-17-18-19-20-21-22-23-26-37-32(36)25-24-29-30(33(2,3)4)27-35-28-31(29)34(5,6)7/h27-28H,8-26H2,1-7H3. The zero-order valence-corrected chi connectivity index (χ0v) is 25.9. The molecule has 0 aromatic carbocycles. The third-order valence-corrected chi connectivity index (χ3v) is 7.51. The summed E-state index contributed by atoms with van der Waals surface area (Å²) in [5.41, 5.74) is 3.76. The molecular formula is C34H61NO2. The zero-order chi connectivity index (χ0) is 27.6. The van der Waals surface area contributed by atoms with E-state index in [0.29, 0.717) is 13.0 Å². The van der Waals surface area contributed by atoms with Crippen LogP contribution in [0.15, 0.2) is 12.4 Å². The van der Waals surface area contributed by atoms with Gasteiger partial charge in [-0.25, -0.2) is 0 Å². The number of hydrogen-bond donors (Lipinski definition) is 0. The van der Waals surface area contributed by atoms with Gasteiger partial charge in [-0.2, -0.15) is 0 Å². The van der Waals surface area contributed by atoms with Crippen LogP contribution in [0.3, 0.4) is 0 Å². The van der Waals surface area contributed by atoms with Gasteiger partial charge in [0.25, 0.3) is 0 Å². The predicted octanol–water partition coefficient (Wildman–Crippen LogP) is 10.4. The van der Waals surface area contributed by atoms with Crippen molar-refractivity contribution in [2.45, 2.75) is 175 Å². The third-order valence-electron chi connectivity index (χ3n) is 7.51. The second-order valence-corrected chi connectivity index (χ2v) is 13.2. The zero-order valence-electron chi connectivity index (χ0n) is 25.9. The van der Waals surface area contributed by atoms with Gasteiger partial charge in [-0.1, -0.05) is 145 Å². The molecule has 0 aliphatic rings. The highest BCUT2D eigenvalue weighted by Gasteiger charge is 2.26. The first-order chi connectivity index (χ1) is 17.6. The van der Waals surface area contributed by atoms with Crippen LogP contribution in [-0.4, -0.2) is 17.6 Å². The number of unbranched alkanes of at least 4 members (excludes halogenated alkanes) is 15. The predicted molar refractivity (Wildman–Crippen MR) is 160 cm³/mol. The fraction of sp³-hybridized carbons (Fsp3) is 0.824. The summed E-state index contributed by atoms with van der Waals surface area (Å²) >= 11 is 0. The highest BCUT2D eigenvalue weighted by molar-refractivity contribution is 5.70. The Morgan fingerprint density at radius 1 is 0.649 bits per heavy atom. The van der Waals surface area contributed by atoms with E-state index in [1.165, 1.54) is 107 Å². The molecular weight excluding hydrogens is 454 g/mol. The molecule has 1 aromatic rings. The van der Waals surface area contributed by atoms with Crippen LogP contribution >= 0.6 is 0 Å². The molecule has 0 aliphatic heterocycles. The maximum Gasteiger partial charge on any atom is 0.306 e. The van der Waals surface area contributed by atoms with Crippen LogP contribution in [0.5, 0.6) is 0 Å². The number of nitrogens with zero attached hydrogens (tertiary/aromatic N) is 1. The summed E-state index contributed by atoms with van der Waals surface area (Å²) < 4.78 is 5.58. The van der Waals surface area contributed by atoms with Crippen LogP contribution < -0.4 is 0 Å². The van der Waals surface area contributed by atoms with Gasteiger partial charge >= 0.3 is 5.97 Å². The van der Waals surface area contributed by atoms with Crippen molar-refractivity contribution in [3.05, 3.63) is 29.1 Å². The number of hydrogen-bond acceptors (Lipinski definition) is 3. The number of ether oxygens (including phenoxy) is 1. The van der Waals surface area contributed by atoms with Crippen molar-refractivity contribution in [1.29, 1.82) is 0 Å². The summed E-state index contributed by atoms with van der Waals surface area (Å²) in [6.07, 6.45) is 26.8. The van der Waals surface area contributed by atoms with Gasteiger partial charge in [0.05, 0.1) is 6.61 Å². The van der Waals surface area contributed by atoms with Gasteiger partial charge in [0.2, 0.25) is 0 Å². The van der Waals surface area contributed by atoms with Gasteiger partial charge in [0.1, 0.15) is 0 Å². The van der Waals surface area contributed by atoms with E-state index in [-0.39, 0.29) is 16.8 Å². The largest absolute Gasteiger partial charge is 0.466 e. The van der Waals surface area contributed by atoms with E-state index in [0.717, 1.165) is 19.3 Å². The Kier molecular flexibility index (Phi) is 17.1. The smallest absolute Gasteiger partial charge is 0.306 e. The first-order valence-electron chi connectivity index (χ1n) is 15.7. The number of carbonyl (C=O) groups excluding carboxylic acids is 1. The SMILES string of the molecule is CCCCCCCCCCCCCCCCCCOC(=O)CCc1c(C(C)(C)C)cncc1C(C)(C)C. The summed E-state index contributed by atoms with van der Waals surface area (Å²) in [4.78, 5) is 17.0. The van der Waals surface area contributed by atoms with Crippen LogP contribution in [0.25, 0.3) is 0 Å². The maximum atomic E-state index is 12.5. The lowest BCUT2D eigenvalue weighted by Crippen LogP contribution is -2.22. The van der Waals surface area contributed by atoms with Gasteiger partial charge in [0.15, 0.2) is 0 Å². The molecule has 3 heteroatoms. The number of aromatic nitrogens is 1. The van der Waals surface area contributed by atoms with Crippen molar-refractivity contribution in [3.8, 4) is 0 Å². The first kappa shape index (κ1) is 33.6. The van der Waals surface area contributed by atoms with Crippen LogP contribution in [0, 0.1) is 0 Å². The van der Waals surface area contributed by atoms with Crippen molar-refractivity contribution < 1.29 is 9.53 Å². The van der Waals surface area contributed by atoms with Gasteiger partial charge < -0.3 is 4.74 Å². The summed E-state index contributed by atoms with van der Waals surface area (Å²) in [5.74, 6) is -0.0718. The molecule has 1 rings (SSSR count). The Labute approximate surface area is 231 Å². The van der Waals surface area contributed by atoms with E-state index in [1.807, 2.05) is 12.4 Å². The fourth-order valence-corrected chi connectivity index (χ4v) is 5.18. The molecule has 0 fully saturated rings. The number of esters is 1. The molecule has 3 nitrogen and oxygen atoms in total. The molecule has 0 aliphatic carbocycles. The van der Waals surface area contributed by atoms with E-state index in [9.17, 15) is 4.79 Å². The Morgan fingerprint density at radius 2 is 1.03 bits per heavy atom. The summed E-state index contributed by atoms with van der Waals surface area (Å²) in [6, 6.07) is 0. The summed E-state index contributed by atoms with van der Waals surface area (Å²) in [7, 11) is 0. The van der Waals surface area contributed by atoms with E-state index >= 15 is 0 Å². The van der Waals surface area contributed by atoms with Gasteiger partial charge in [-0.05, 0) is 40.4 Å². The van der Waals surface area contributed by atoms with Crippen LogP contribution in [0.1, 0.15) is 174 Å². The second kappa shape index (κ2) is 18.8. The number of pyridine rings is 1. The molecule has 0 saturated heterocycles. The molecule has 0 bridgehead atoms.